The van der Waals surface area contributed by atoms with Crippen molar-refractivity contribution in [3.05, 3.63) is 140 Å². The zero-order valence-electron chi connectivity index (χ0n) is 23.5. The standard InChI is InChI=1S/C40H23NOS2/c1-4-10-34-28(7-1)29-18-16-26(22-35(29)42-34)41(27-17-19-31-30-8-2-5-11-36(30)44-39(31)23-27)25-15-13-24-14-20-38-40(33(24)21-25)32-9-3-6-12-37(32)43-38/h1-23H. The van der Waals surface area contributed by atoms with E-state index in [1.807, 2.05) is 34.8 Å². The highest BCUT2D eigenvalue weighted by atomic mass is 32.1. The van der Waals surface area contributed by atoms with Crippen molar-refractivity contribution in [1.29, 1.82) is 0 Å². The van der Waals surface area contributed by atoms with E-state index in [0.29, 0.717) is 0 Å². The van der Waals surface area contributed by atoms with Crippen molar-refractivity contribution in [3.8, 4) is 0 Å². The Morgan fingerprint density at radius 2 is 0.977 bits per heavy atom. The number of hydrogen-bond acceptors (Lipinski definition) is 4. The van der Waals surface area contributed by atoms with Crippen LogP contribution in [-0.4, -0.2) is 0 Å². The first-order valence-electron chi connectivity index (χ1n) is 14.8. The summed E-state index contributed by atoms with van der Waals surface area (Å²) in [5.74, 6) is 0. The smallest absolute Gasteiger partial charge is 0.137 e. The molecule has 0 amide bonds. The molecule has 0 unspecified atom stereocenters. The Bertz CT molecular complexity index is 2630. The molecule has 10 aromatic rings. The second kappa shape index (κ2) is 9.17. The Hall–Kier alpha value is -5.16. The van der Waals surface area contributed by atoms with Gasteiger partial charge in [0.1, 0.15) is 11.2 Å². The van der Waals surface area contributed by atoms with Crippen molar-refractivity contribution in [2.75, 3.05) is 4.90 Å². The van der Waals surface area contributed by atoms with Crippen molar-refractivity contribution in [3.63, 3.8) is 0 Å². The minimum Gasteiger partial charge on any atom is -0.456 e. The Kier molecular flexibility index (Phi) is 5.06. The number of anilines is 3. The number of benzene rings is 7. The third-order valence-electron chi connectivity index (χ3n) is 8.84. The average Bonchev–Trinajstić information content (AvgIpc) is 3.75. The first kappa shape index (κ1) is 24.3. The van der Waals surface area contributed by atoms with Gasteiger partial charge in [-0.15, -0.1) is 22.7 Å². The van der Waals surface area contributed by atoms with E-state index < -0.39 is 0 Å². The molecule has 206 valence electrons. The normalized spacial score (nSPS) is 12.1. The van der Waals surface area contributed by atoms with Gasteiger partial charge in [-0.2, -0.15) is 0 Å². The van der Waals surface area contributed by atoms with Crippen LogP contribution in [0, 0.1) is 0 Å². The maximum atomic E-state index is 6.37. The largest absolute Gasteiger partial charge is 0.456 e. The van der Waals surface area contributed by atoms with Gasteiger partial charge in [0, 0.05) is 74.2 Å². The van der Waals surface area contributed by atoms with E-state index in [-0.39, 0.29) is 0 Å². The maximum Gasteiger partial charge on any atom is 0.137 e. The first-order valence-corrected chi connectivity index (χ1v) is 16.4. The van der Waals surface area contributed by atoms with Crippen LogP contribution >= 0.6 is 22.7 Å². The molecule has 0 aliphatic carbocycles. The highest BCUT2D eigenvalue weighted by Crippen LogP contribution is 2.44. The molecule has 0 saturated heterocycles. The molecule has 0 saturated carbocycles. The van der Waals surface area contributed by atoms with Gasteiger partial charge in [0.2, 0.25) is 0 Å². The third-order valence-corrected chi connectivity index (χ3v) is 11.1. The van der Waals surface area contributed by atoms with Crippen LogP contribution in [0.1, 0.15) is 0 Å². The van der Waals surface area contributed by atoms with E-state index >= 15 is 0 Å². The van der Waals surface area contributed by atoms with Crippen molar-refractivity contribution in [2.45, 2.75) is 0 Å². The van der Waals surface area contributed by atoms with E-state index in [9.17, 15) is 0 Å². The van der Waals surface area contributed by atoms with Gasteiger partial charge in [0.05, 0.1) is 0 Å². The molecule has 0 N–H and O–H groups in total. The summed E-state index contributed by atoms with van der Waals surface area (Å²) in [7, 11) is 0. The van der Waals surface area contributed by atoms with Gasteiger partial charge in [-0.25, -0.2) is 0 Å². The Labute approximate surface area is 260 Å². The molecule has 0 fully saturated rings. The lowest BCUT2D eigenvalue weighted by Gasteiger charge is -2.26. The molecule has 4 heteroatoms. The fourth-order valence-corrected chi connectivity index (χ4v) is 9.09. The van der Waals surface area contributed by atoms with E-state index in [0.717, 1.165) is 39.0 Å². The molecule has 7 aromatic carbocycles. The molecular formula is C40H23NOS2. The van der Waals surface area contributed by atoms with Crippen molar-refractivity contribution >= 4 is 113 Å². The fourth-order valence-electron chi connectivity index (χ4n) is 6.82. The lowest BCUT2D eigenvalue weighted by molar-refractivity contribution is 0.669. The predicted octanol–water partition coefficient (Wildman–Crippen LogP) is 12.9. The Morgan fingerprint density at radius 3 is 1.86 bits per heavy atom. The van der Waals surface area contributed by atoms with Crippen LogP contribution in [0.3, 0.4) is 0 Å². The van der Waals surface area contributed by atoms with Crippen LogP contribution in [0.2, 0.25) is 0 Å². The number of para-hydroxylation sites is 1. The van der Waals surface area contributed by atoms with E-state index in [2.05, 4.69) is 132 Å². The Balaban J connectivity index is 1.24. The SMILES string of the molecule is c1ccc2c(c1)oc1cc(N(c3ccc4c(c3)sc3ccccc34)c3ccc4ccc5sc6ccccc6c5c4c3)ccc12. The van der Waals surface area contributed by atoms with E-state index in [1.54, 1.807) is 0 Å². The number of rotatable bonds is 3. The van der Waals surface area contributed by atoms with Gasteiger partial charge >= 0.3 is 0 Å². The fraction of sp³-hybridized carbons (Fsp3) is 0. The highest BCUT2D eigenvalue weighted by molar-refractivity contribution is 7.26. The second-order valence-electron chi connectivity index (χ2n) is 11.3. The highest BCUT2D eigenvalue weighted by Gasteiger charge is 2.18. The molecule has 0 spiro atoms. The van der Waals surface area contributed by atoms with Gasteiger partial charge in [0.15, 0.2) is 0 Å². The number of nitrogens with zero attached hydrogens (tertiary/aromatic N) is 1. The average molecular weight is 598 g/mol. The molecule has 0 radical (unpaired) electrons. The maximum absolute atomic E-state index is 6.37. The summed E-state index contributed by atoms with van der Waals surface area (Å²) in [6.07, 6.45) is 0. The van der Waals surface area contributed by atoms with Gasteiger partial charge in [-0.1, -0.05) is 72.8 Å². The molecule has 0 atom stereocenters. The molecule has 0 aliphatic heterocycles. The van der Waals surface area contributed by atoms with Gasteiger partial charge < -0.3 is 9.32 Å². The summed E-state index contributed by atoms with van der Waals surface area (Å²) in [5, 5.41) is 10.1. The summed E-state index contributed by atoms with van der Waals surface area (Å²) in [5.41, 5.74) is 5.12. The zero-order chi connectivity index (χ0) is 28.8. The molecule has 0 bridgehead atoms. The summed E-state index contributed by atoms with van der Waals surface area (Å²) in [6.45, 7) is 0. The van der Waals surface area contributed by atoms with Crippen LogP contribution in [0.4, 0.5) is 17.1 Å². The van der Waals surface area contributed by atoms with Gasteiger partial charge in [-0.3, -0.25) is 0 Å². The topological polar surface area (TPSA) is 16.4 Å². The van der Waals surface area contributed by atoms with Crippen molar-refractivity contribution in [1.82, 2.24) is 0 Å². The summed E-state index contributed by atoms with van der Waals surface area (Å²) in [6, 6.07) is 50.6. The summed E-state index contributed by atoms with van der Waals surface area (Å²) >= 11 is 3.72. The predicted molar refractivity (Wildman–Crippen MR) is 192 cm³/mol. The summed E-state index contributed by atoms with van der Waals surface area (Å²) < 4.78 is 11.6. The molecule has 3 aromatic heterocycles. The Morgan fingerprint density at radius 1 is 0.386 bits per heavy atom. The van der Waals surface area contributed by atoms with Gasteiger partial charge in [-0.05, 0) is 71.4 Å². The van der Waals surface area contributed by atoms with Crippen LogP contribution in [-0.2, 0) is 0 Å². The van der Waals surface area contributed by atoms with E-state index in [4.69, 9.17) is 4.42 Å². The number of thiophene rings is 2. The molecular weight excluding hydrogens is 575 g/mol. The minimum atomic E-state index is 0.892. The number of fused-ring (bicyclic) bond motifs is 11. The van der Waals surface area contributed by atoms with E-state index in [1.165, 1.54) is 51.1 Å². The molecule has 10 rings (SSSR count). The van der Waals surface area contributed by atoms with Crippen molar-refractivity contribution in [2.24, 2.45) is 0 Å². The first-order chi connectivity index (χ1) is 21.8. The van der Waals surface area contributed by atoms with Crippen LogP contribution in [0.25, 0.3) is 73.1 Å². The molecule has 44 heavy (non-hydrogen) atoms. The number of furan rings is 1. The zero-order valence-corrected chi connectivity index (χ0v) is 25.1. The lowest BCUT2D eigenvalue weighted by atomic mass is 10.0. The lowest BCUT2D eigenvalue weighted by Crippen LogP contribution is -2.09. The molecule has 2 nitrogen and oxygen atoms in total. The second-order valence-corrected chi connectivity index (χ2v) is 13.5. The monoisotopic (exact) mass is 597 g/mol. The minimum absolute atomic E-state index is 0.892. The van der Waals surface area contributed by atoms with Crippen LogP contribution in [0.5, 0.6) is 0 Å². The molecule has 0 aliphatic rings. The van der Waals surface area contributed by atoms with Crippen LogP contribution < -0.4 is 4.90 Å². The summed E-state index contributed by atoms with van der Waals surface area (Å²) in [4.78, 5) is 2.38. The quantitative estimate of drug-likeness (QED) is 0.201. The number of hydrogen-bond donors (Lipinski definition) is 0. The van der Waals surface area contributed by atoms with Crippen molar-refractivity contribution < 1.29 is 4.42 Å². The third kappa shape index (κ3) is 3.53. The molecule has 3 heterocycles. The van der Waals surface area contributed by atoms with Gasteiger partial charge in [0.25, 0.3) is 0 Å². The van der Waals surface area contributed by atoms with Crippen LogP contribution in [0.15, 0.2) is 144 Å².